The van der Waals surface area contributed by atoms with Gasteiger partial charge in [0.2, 0.25) is 0 Å². The van der Waals surface area contributed by atoms with E-state index in [-0.39, 0.29) is 11.3 Å². The minimum Gasteiger partial charge on any atom is -0.449 e. The lowest BCUT2D eigenvalue weighted by molar-refractivity contribution is -0.385. The molecular weight excluding hydrogens is 338 g/mol. The van der Waals surface area contributed by atoms with Crippen molar-refractivity contribution in [2.45, 2.75) is 20.0 Å². The molecule has 2 aromatic carbocycles. The van der Waals surface area contributed by atoms with Crippen LogP contribution in [0.1, 0.15) is 28.4 Å². The Morgan fingerprint density at radius 2 is 2.00 bits per heavy atom. The summed E-state index contributed by atoms with van der Waals surface area (Å²) in [7, 11) is 0. The lowest BCUT2D eigenvalue weighted by Crippen LogP contribution is -2.30. The van der Waals surface area contributed by atoms with E-state index in [9.17, 15) is 19.7 Å². The van der Waals surface area contributed by atoms with Crippen molar-refractivity contribution < 1.29 is 19.2 Å². The number of anilines is 1. The Morgan fingerprint density at radius 3 is 2.62 bits per heavy atom. The first kappa shape index (κ1) is 18.6. The van der Waals surface area contributed by atoms with Crippen LogP contribution in [0, 0.1) is 28.4 Å². The summed E-state index contributed by atoms with van der Waals surface area (Å²) in [6, 6.07) is 12.1. The number of hydrogen-bond donors (Lipinski definition) is 1. The first-order valence-electron chi connectivity index (χ1n) is 7.59. The highest BCUT2D eigenvalue weighted by Crippen LogP contribution is 2.19. The molecule has 26 heavy (non-hydrogen) atoms. The highest BCUT2D eigenvalue weighted by atomic mass is 16.6. The van der Waals surface area contributed by atoms with E-state index in [2.05, 4.69) is 5.32 Å². The molecule has 1 atom stereocenters. The number of ether oxygens (including phenoxy) is 1. The fraction of sp³-hybridized carbons (Fsp3) is 0.167. The number of benzene rings is 2. The molecule has 0 bridgehead atoms. The van der Waals surface area contributed by atoms with E-state index in [0.717, 1.165) is 0 Å². The van der Waals surface area contributed by atoms with Gasteiger partial charge in [-0.1, -0.05) is 6.07 Å². The minimum absolute atomic E-state index is 0.107. The molecule has 0 aromatic heterocycles. The monoisotopic (exact) mass is 353 g/mol. The molecule has 1 N–H and O–H groups in total. The van der Waals surface area contributed by atoms with Gasteiger partial charge in [0.05, 0.1) is 22.1 Å². The summed E-state index contributed by atoms with van der Waals surface area (Å²) < 4.78 is 5.10. The molecule has 0 saturated heterocycles. The van der Waals surface area contributed by atoms with E-state index >= 15 is 0 Å². The molecular formula is C18H15N3O5. The van der Waals surface area contributed by atoms with E-state index < -0.39 is 22.9 Å². The number of carbonyl (C=O) groups excluding carboxylic acids is 2. The van der Waals surface area contributed by atoms with Crippen LogP contribution in [0.2, 0.25) is 0 Å². The highest BCUT2D eigenvalue weighted by molar-refractivity contribution is 5.97. The Balaban J connectivity index is 2.04. The first-order chi connectivity index (χ1) is 12.3. The molecule has 2 rings (SSSR count). The van der Waals surface area contributed by atoms with E-state index in [4.69, 9.17) is 10.00 Å². The summed E-state index contributed by atoms with van der Waals surface area (Å²) >= 11 is 0. The van der Waals surface area contributed by atoms with E-state index in [1.54, 1.807) is 18.2 Å². The quantitative estimate of drug-likeness (QED) is 0.501. The Labute approximate surface area is 149 Å². The van der Waals surface area contributed by atoms with Gasteiger partial charge < -0.3 is 10.1 Å². The van der Waals surface area contributed by atoms with Gasteiger partial charge in [0.15, 0.2) is 6.10 Å². The van der Waals surface area contributed by atoms with E-state index in [1.807, 2.05) is 6.07 Å². The summed E-state index contributed by atoms with van der Waals surface area (Å²) in [5, 5.41) is 22.2. The molecule has 0 unspecified atom stereocenters. The van der Waals surface area contributed by atoms with Crippen LogP contribution in [0.4, 0.5) is 11.4 Å². The van der Waals surface area contributed by atoms with E-state index in [0.29, 0.717) is 16.8 Å². The summed E-state index contributed by atoms with van der Waals surface area (Å²) in [6.45, 7) is 2.91. The number of amides is 1. The molecule has 8 nitrogen and oxygen atoms in total. The Bertz CT molecular complexity index is 917. The summed E-state index contributed by atoms with van der Waals surface area (Å²) in [5.41, 5.74) is 1.11. The number of aryl methyl sites for hydroxylation is 1. The molecule has 0 saturated carbocycles. The van der Waals surface area contributed by atoms with Crippen molar-refractivity contribution in [3.63, 3.8) is 0 Å². The number of carbonyl (C=O) groups is 2. The number of nitrogens with one attached hydrogen (secondary N) is 1. The maximum Gasteiger partial charge on any atom is 0.338 e. The molecule has 1 amide bonds. The zero-order chi connectivity index (χ0) is 19.3. The van der Waals surface area contributed by atoms with Crippen molar-refractivity contribution >= 4 is 23.3 Å². The van der Waals surface area contributed by atoms with Crippen molar-refractivity contribution in [3.8, 4) is 6.07 Å². The number of esters is 1. The van der Waals surface area contributed by atoms with Crippen LogP contribution in [0.25, 0.3) is 0 Å². The predicted octanol–water partition coefficient (Wildman–Crippen LogP) is 2.96. The number of nitro groups is 1. The second-order valence-electron chi connectivity index (χ2n) is 5.49. The smallest absolute Gasteiger partial charge is 0.338 e. The zero-order valence-corrected chi connectivity index (χ0v) is 14.1. The number of hydrogen-bond acceptors (Lipinski definition) is 6. The number of nitro benzene ring substituents is 1. The van der Waals surface area contributed by atoms with Gasteiger partial charge in [-0.25, -0.2) is 4.79 Å². The first-order valence-corrected chi connectivity index (χ1v) is 7.59. The second kappa shape index (κ2) is 7.90. The van der Waals surface area contributed by atoms with Crippen LogP contribution < -0.4 is 5.32 Å². The molecule has 0 aliphatic heterocycles. The van der Waals surface area contributed by atoms with Gasteiger partial charge in [-0.15, -0.1) is 0 Å². The van der Waals surface area contributed by atoms with Gasteiger partial charge in [-0.2, -0.15) is 5.26 Å². The Morgan fingerprint density at radius 1 is 1.27 bits per heavy atom. The number of rotatable bonds is 5. The summed E-state index contributed by atoms with van der Waals surface area (Å²) in [4.78, 5) is 34.5. The van der Waals surface area contributed by atoms with Crippen molar-refractivity contribution in [1.29, 1.82) is 5.26 Å². The molecule has 0 fully saturated rings. The van der Waals surface area contributed by atoms with Gasteiger partial charge in [0, 0.05) is 17.3 Å². The Hall–Kier alpha value is -3.73. The van der Waals surface area contributed by atoms with E-state index in [1.165, 1.54) is 38.1 Å². The molecule has 0 aliphatic rings. The van der Waals surface area contributed by atoms with Crippen LogP contribution in [-0.2, 0) is 9.53 Å². The van der Waals surface area contributed by atoms with Crippen molar-refractivity contribution in [3.05, 3.63) is 69.3 Å². The van der Waals surface area contributed by atoms with Gasteiger partial charge in [0.1, 0.15) is 0 Å². The molecule has 8 heteroatoms. The molecule has 2 aromatic rings. The zero-order valence-electron chi connectivity index (χ0n) is 14.1. The summed E-state index contributed by atoms with van der Waals surface area (Å²) in [5.74, 6) is -1.33. The standard InChI is InChI=1S/C18H15N3O5/c1-11-8-14(6-7-16(11)21(24)25)18(23)26-12(2)17(22)20-15-5-3-4-13(9-15)10-19/h3-9,12H,1-2H3,(H,20,22)/t12-/m0/s1. The average molecular weight is 353 g/mol. The predicted molar refractivity (Wildman–Crippen MR) is 92.5 cm³/mol. The lowest BCUT2D eigenvalue weighted by Gasteiger charge is -2.14. The van der Waals surface area contributed by atoms with Crippen LogP contribution in [-0.4, -0.2) is 22.9 Å². The molecule has 0 spiro atoms. The summed E-state index contributed by atoms with van der Waals surface area (Å²) in [6.07, 6.45) is -1.09. The maximum atomic E-state index is 12.1. The number of nitrogens with zero attached hydrogens (tertiary/aromatic N) is 2. The normalized spacial score (nSPS) is 11.1. The maximum absolute atomic E-state index is 12.1. The fourth-order valence-electron chi connectivity index (χ4n) is 2.18. The molecule has 132 valence electrons. The topological polar surface area (TPSA) is 122 Å². The Kier molecular flexibility index (Phi) is 5.65. The van der Waals surface area contributed by atoms with Crippen LogP contribution in [0.5, 0.6) is 0 Å². The van der Waals surface area contributed by atoms with Gasteiger partial charge in [-0.05, 0) is 44.2 Å². The SMILES string of the molecule is Cc1cc(C(=O)O[C@@H](C)C(=O)Nc2cccc(C#N)c2)ccc1[N+](=O)[O-]. The lowest BCUT2D eigenvalue weighted by atomic mass is 10.1. The molecule has 0 heterocycles. The van der Waals surface area contributed by atoms with Gasteiger partial charge in [0.25, 0.3) is 11.6 Å². The van der Waals surface area contributed by atoms with Crippen LogP contribution in [0.15, 0.2) is 42.5 Å². The highest BCUT2D eigenvalue weighted by Gasteiger charge is 2.21. The fourth-order valence-corrected chi connectivity index (χ4v) is 2.18. The third-order valence-corrected chi connectivity index (χ3v) is 3.54. The molecule has 0 aliphatic carbocycles. The van der Waals surface area contributed by atoms with Crippen LogP contribution >= 0.6 is 0 Å². The third kappa shape index (κ3) is 4.42. The minimum atomic E-state index is -1.09. The second-order valence-corrected chi connectivity index (χ2v) is 5.49. The average Bonchev–Trinajstić information content (AvgIpc) is 2.61. The molecule has 0 radical (unpaired) electrons. The van der Waals surface area contributed by atoms with Crippen LogP contribution in [0.3, 0.4) is 0 Å². The van der Waals surface area contributed by atoms with Crippen molar-refractivity contribution in [2.24, 2.45) is 0 Å². The van der Waals surface area contributed by atoms with Crippen molar-refractivity contribution in [2.75, 3.05) is 5.32 Å². The van der Waals surface area contributed by atoms with Gasteiger partial charge >= 0.3 is 5.97 Å². The largest absolute Gasteiger partial charge is 0.449 e. The van der Waals surface area contributed by atoms with Gasteiger partial charge in [-0.3, -0.25) is 14.9 Å². The third-order valence-electron chi connectivity index (χ3n) is 3.54. The van der Waals surface area contributed by atoms with Crippen molar-refractivity contribution in [1.82, 2.24) is 0 Å². The number of nitriles is 1.